The van der Waals surface area contributed by atoms with Gasteiger partial charge in [-0.1, -0.05) is 12.2 Å². The molecule has 10 heteroatoms. The second-order valence-corrected chi connectivity index (χ2v) is 7.22. The number of alkyl halides is 3. The molecule has 3 N–H and O–H groups in total. The van der Waals surface area contributed by atoms with Crippen LogP contribution in [0.3, 0.4) is 0 Å². The van der Waals surface area contributed by atoms with Crippen molar-refractivity contribution in [3.63, 3.8) is 0 Å². The van der Waals surface area contributed by atoms with Gasteiger partial charge in [0.15, 0.2) is 11.5 Å². The third kappa shape index (κ3) is 2.83. The zero-order valence-corrected chi connectivity index (χ0v) is 14.5. The molecule has 7 nitrogen and oxygen atoms in total. The molecule has 0 spiro atoms. The topological polar surface area (TPSA) is 99.5 Å². The Morgan fingerprint density at radius 1 is 1.21 bits per heavy atom. The van der Waals surface area contributed by atoms with Crippen LogP contribution in [0.5, 0.6) is 11.5 Å². The molecule has 3 heterocycles. The van der Waals surface area contributed by atoms with E-state index in [-0.39, 0.29) is 12.8 Å². The van der Waals surface area contributed by atoms with E-state index in [0.29, 0.717) is 13.0 Å². The normalized spacial score (nSPS) is 34.2. The molecule has 3 aliphatic heterocycles. The van der Waals surface area contributed by atoms with Crippen LogP contribution in [0, 0.1) is 0 Å². The smallest absolute Gasteiger partial charge is 0.475 e. The molecule has 152 valence electrons. The molecule has 1 unspecified atom stereocenters. The first-order chi connectivity index (χ1) is 13.1. The number of benzene rings is 1. The van der Waals surface area contributed by atoms with E-state index < -0.39 is 29.8 Å². The fourth-order valence-corrected chi connectivity index (χ4v) is 4.53. The van der Waals surface area contributed by atoms with Gasteiger partial charge in [0, 0.05) is 19.1 Å². The molecule has 0 amide bonds. The fraction of sp³-hybridized carbons (Fsp3) is 0.500. The summed E-state index contributed by atoms with van der Waals surface area (Å²) in [5, 5.41) is 27.8. The molecule has 28 heavy (non-hydrogen) atoms. The van der Waals surface area contributed by atoms with Crippen LogP contribution in [-0.2, 0) is 16.8 Å². The number of aliphatic carboxylic acids is 1. The Kier molecular flexibility index (Phi) is 4.32. The minimum Gasteiger partial charge on any atom is -0.475 e. The van der Waals surface area contributed by atoms with Gasteiger partial charge < -0.3 is 24.8 Å². The van der Waals surface area contributed by atoms with Crippen molar-refractivity contribution in [1.82, 2.24) is 4.90 Å². The lowest BCUT2D eigenvalue weighted by atomic mass is 9.65. The molecule has 1 saturated heterocycles. The Bertz CT molecular complexity index is 841. The summed E-state index contributed by atoms with van der Waals surface area (Å²) >= 11 is 0. The molecule has 2 bridgehead atoms. The summed E-state index contributed by atoms with van der Waals surface area (Å²) in [6, 6.07) is 4.22. The van der Waals surface area contributed by atoms with Crippen LogP contribution in [0.1, 0.15) is 17.5 Å². The average Bonchev–Trinajstić information content (AvgIpc) is 3.14. The van der Waals surface area contributed by atoms with Crippen LogP contribution in [0.25, 0.3) is 0 Å². The van der Waals surface area contributed by atoms with Gasteiger partial charge in [-0.25, -0.2) is 4.79 Å². The van der Waals surface area contributed by atoms with Crippen molar-refractivity contribution in [1.29, 1.82) is 0 Å². The van der Waals surface area contributed by atoms with Crippen molar-refractivity contribution in [3.8, 4) is 11.5 Å². The summed E-state index contributed by atoms with van der Waals surface area (Å²) in [4.78, 5) is 11.2. The van der Waals surface area contributed by atoms with E-state index in [0.717, 1.165) is 23.6 Å². The highest BCUT2D eigenvalue weighted by molar-refractivity contribution is 5.73. The van der Waals surface area contributed by atoms with Crippen LogP contribution >= 0.6 is 0 Å². The molecule has 0 saturated carbocycles. The summed E-state index contributed by atoms with van der Waals surface area (Å²) in [5.74, 6) is -1.21. The minimum absolute atomic E-state index is 0.153. The summed E-state index contributed by atoms with van der Waals surface area (Å²) in [5.41, 5.74) is 1.89. The van der Waals surface area contributed by atoms with Crippen LogP contribution in [0.15, 0.2) is 24.3 Å². The predicted molar refractivity (Wildman–Crippen MR) is 87.9 cm³/mol. The summed E-state index contributed by atoms with van der Waals surface area (Å²) in [6.45, 7) is 1.69. The molecule has 4 aliphatic rings. The zero-order chi connectivity index (χ0) is 20.3. The Morgan fingerprint density at radius 2 is 1.86 bits per heavy atom. The van der Waals surface area contributed by atoms with Gasteiger partial charge in [-0.2, -0.15) is 13.2 Å². The number of aliphatic hydroxyl groups excluding tert-OH is 2. The van der Waals surface area contributed by atoms with E-state index in [9.17, 15) is 23.4 Å². The van der Waals surface area contributed by atoms with Crippen molar-refractivity contribution in [3.05, 3.63) is 35.4 Å². The molecule has 0 aromatic heterocycles. The molecule has 1 aromatic rings. The Hall–Kier alpha value is -2.30. The monoisotopic (exact) mass is 401 g/mol. The first kappa shape index (κ1) is 19.0. The molecule has 5 atom stereocenters. The van der Waals surface area contributed by atoms with Gasteiger partial charge in [-0.15, -0.1) is 0 Å². The minimum atomic E-state index is -5.08. The summed E-state index contributed by atoms with van der Waals surface area (Å²) < 4.78 is 42.7. The highest BCUT2D eigenvalue weighted by atomic mass is 19.4. The average molecular weight is 401 g/mol. The predicted octanol–water partition coefficient (Wildman–Crippen LogP) is 1.17. The SMILES string of the molecule is O=C(O)C(F)(F)F.O[C@H]1C=C[C@@]23c4cc5c(cc4CN(C[C@@H]2O)[C@H]3C1)OCO5. The third-order valence-electron chi connectivity index (χ3n) is 5.69. The number of nitrogens with zero attached hydrogens (tertiary/aromatic N) is 1. The molecule has 0 radical (unpaired) electrons. The molecular weight excluding hydrogens is 383 g/mol. The number of carboxylic acid groups (broad SMARTS) is 1. The zero-order valence-electron chi connectivity index (χ0n) is 14.5. The third-order valence-corrected chi connectivity index (χ3v) is 5.69. The van der Waals surface area contributed by atoms with Crippen molar-refractivity contribution >= 4 is 5.97 Å². The molecule has 1 aliphatic carbocycles. The molecule has 1 fully saturated rings. The maximum Gasteiger partial charge on any atom is 0.490 e. The Morgan fingerprint density at radius 3 is 2.50 bits per heavy atom. The lowest BCUT2D eigenvalue weighted by molar-refractivity contribution is -0.192. The highest BCUT2D eigenvalue weighted by Gasteiger charge is 2.58. The first-order valence-corrected chi connectivity index (χ1v) is 8.65. The van der Waals surface area contributed by atoms with Crippen LogP contribution in [0.4, 0.5) is 13.2 Å². The van der Waals surface area contributed by atoms with Crippen molar-refractivity contribution < 1.29 is 42.8 Å². The van der Waals surface area contributed by atoms with Gasteiger partial charge in [0.1, 0.15) is 0 Å². The molecule has 1 aromatic carbocycles. The number of rotatable bonds is 0. The van der Waals surface area contributed by atoms with Crippen molar-refractivity contribution in [2.45, 2.75) is 42.8 Å². The van der Waals surface area contributed by atoms with Crippen molar-refractivity contribution in [2.24, 2.45) is 0 Å². The van der Waals surface area contributed by atoms with Crippen LogP contribution < -0.4 is 9.47 Å². The second-order valence-electron chi connectivity index (χ2n) is 7.22. The lowest BCUT2D eigenvalue weighted by Crippen LogP contribution is -2.52. The molecular formula is C18H18F3NO6. The quantitative estimate of drug-likeness (QED) is 0.561. The number of aliphatic hydroxyl groups is 2. The fourth-order valence-electron chi connectivity index (χ4n) is 4.53. The number of carboxylic acids is 1. The van der Waals surface area contributed by atoms with E-state index in [1.807, 2.05) is 24.3 Å². The standard InChI is InChI=1S/C16H17NO4.C2HF3O2/c18-10-1-2-16-11-5-13-12(20-8-21-13)3-9(11)6-17(7-15(16)19)14(16)4-10;3-2(4,5)1(6)7/h1-3,5,10,14-15,18-19H,4,6-8H2;(H,6,7)/t10-,14-,15-,16-;/m0./s1. The maximum absolute atomic E-state index is 10.7. The van der Waals surface area contributed by atoms with Gasteiger partial charge in [0.05, 0.1) is 17.6 Å². The number of carbonyl (C=O) groups is 1. The number of fused-ring (bicyclic) bond motifs is 2. The van der Waals surface area contributed by atoms with Gasteiger partial charge >= 0.3 is 12.1 Å². The van der Waals surface area contributed by atoms with E-state index in [2.05, 4.69) is 4.90 Å². The van der Waals surface area contributed by atoms with Crippen molar-refractivity contribution in [2.75, 3.05) is 13.3 Å². The number of hydrogen-bond acceptors (Lipinski definition) is 6. The van der Waals surface area contributed by atoms with E-state index in [1.54, 1.807) is 0 Å². The summed E-state index contributed by atoms with van der Waals surface area (Å²) in [7, 11) is 0. The van der Waals surface area contributed by atoms with E-state index >= 15 is 0 Å². The van der Waals surface area contributed by atoms with Crippen LogP contribution in [-0.4, -0.2) is 64.0 Å². The van der Waals surface area contributed by atoms with Gasteiger partial charge in [0.25, 0.3) is 0 Å². The number of halogens is 3. The summed E-state index contributed by atoms with van der Waals surface area (Å²) in [6.07, 6.45) is -1.46. The largest absolute Gasteiger partial charge is 0.490 e. The Balaban J connectivity index is 0.000000239. The van der Waals surface area contributed by atoms with E-state index in [1.165, 1.54) is 5.56 Å². The maximum atomic E-state index is 10.7. The second kappa shape index (κ2) is 6.36. The highest BCUT2D eigenvalue weighted by Crippen LogP contribution is 2.53. The van der Waals surface area contributed by atoms with Crippen LogP contribution in [0.2, 0.25) is 0 Å². The number of hydrogen-bond donors (Lipinski definition) is 3. The number of ether oxygens (including phenoxy) is 2. The lowest BCUT2D eigenvalue weighted by Gasteiger charge is -2.45. The molecule has 5 rings (SSSR count). The van der Waals surface area contributed by atoms with Gasteiger partial charge in [-0.05, 0) is 29.7 Å². The van der Waals surface area contributed by atoms with Gasteiger partial charge in [-0.3, -0.25) is 4.90 Å². The van der Waals surface area contributed by atoms with Gasteiger partial charge in [0.2, 0.25) is 6.79 Å². The van der Waals surface area contributed by atoms with E-state index in [4.69, 9.17) is 19.4 Å². The first-order valence-electron chi connectivity index (χ1n) is 8.65. The Labute approximate surface area is 157 Å².